The van der Waals surface area contributed by atoms with Crippen LogP contribution in [0.25, 0.3) is 0 Å². The smallest absolute Gasteiger partial charge is 0.310 e. The van der Waals surface area contributed by atoms with Crippen molar-refractivity contribution in [3.05, 3.63) is 66.2 Å². The first-order valence-corrected chi connectivity index (χ1v) is 9.23. The summed E-state index contributed by atoms with van der Waals surface area (Å²) in [7, 11) is 1.56. The van der Waals surface area contributed by atoms with Crippen molar-refractivity contribution >= 4 is 11.9 Å². The normalized spacial score (nSPS) is 22.6. The number of amides is 1. The third kappa shape index (κ3) is 3.18. The van der Waals surface area contributed by atoms with Crippen LogP contribution in [0.15, 0.2) is 55.1 Å². The van der Waals surface area contributed by atoms with Crippen LogP contribution in [0.2, 0.25) is 0 Å². The summed E-state index contributed by atoms with van der Waals surface area (Å²) in [6.45, 7) is 4.09. The Morgan fingerprint density at radius 3 is 2.55 bits per heavy atom. The Hall–Kier alpha value is -3.48. The van der Waals surface area contributed by atoms with E-state index in [2.05, 4.69) is 6.58 Å². The van der Waals surface area contributed by atoms with Crippen LogP contribution in [0.4, 0.5) is 0 Å². The number of carbonyl (C=O) groups excluding carboxylic acids is 1. The predicted molar refractivity (Wildman–Crippen MR) is 104 cm³/mol. The van der Waals surface area contributed by atoms with Gasteiger partial charge in [-0.1, -0.05) is 24.3 Å². The number of rotatable bonds is 6. The Labute approximate surface area is 168 Å². The summed E-state index contributed by atoms with van der Waals surface area (Å²) in [5.74, 6) is -1.33. The number of likely N-dealkylation sites (tertiary alicyclic amines) is 1. The summed E-state index contributed by atoms with van der Waals surface area (Å²) >= 11 is 0. The molecule has 0 saturated carbocycles. The number of fused-ring (bicyclic) bond motifs is 1. The number of hydrogen-bond acceptors (Lipinski definition) is 5. The molecule has 3 atom stereocenters. The number of hydrogen-bond donors (Lipinski definition) is 1. The first-order chi connectivity index (χ1) is 14.0. The topological polar surface area (TPSA) is 85.3 Å². The average Bonchev–Trinajstić information content (AvgIpc) is 3.30. The number of aliphatic carboxylic acids is 1. The molecule has 29 heavy (non-hydrogen) atoms. The van der Waals surface area contributed by atoms with Gasteiger partial charge in [-0.25, -0.2) is 0 Å². The van der Waals surface area contributed by atoms with Crippen LogP contribution in [0.5, 0.6) is 17.2 Å². The SMILES string of the molecule is C=CCN1C(=O)[C@H](c2ccc3c(c2)OCO3)[C@@H](C(=O)O)[C@@H]1c1ccc(OC)cc1. The van der Waals surface area contributed by atoms with Crippen molar-refractivity contribution in [1.29, 1.82) is 0 Å². The second kappa shape index (κ2) is 7.50. The summed E-state index contributed by atoms with van der Waals surface area (Å²) in [6, 6.07) is 11.6. The van der Waals surface area contributed by atoms with Crippen molar-refractivity contribution in [2.24, 2.45) is 5.92 Å². The number of carboxylic acids is 1. The highest BCUT2D eigenvalue weighted by Crippen LogP contribution is 2.48. The van der Waals surface area contributed by atoms with Gasteiger partial charge >= 0.3 is 5.97 Å². The number of methoxy groups -OCH3 is 1. The zero-order valence-electron chi connectivity index (χ0n) is 15.9. The molecule has 7 heteroatoms. The number of benzene rings is 2. The lowest BCUT2D eigenvalue weighted by Crippen LogP contribution is -2.30. The zero-order valence-corrected chi connectivity index (χ0v) is 15.9. The van der Waals surface area contributed by atoms with Crippen LogP contribution >= 0.6 is 0 Å². The van der Waals surface area contributed by atoms with Crippen LogP contribution in [-0.4, -0.2) is 42.3 Å². The number of nitrogens with zero attached hydrogens (tertiary/aromatic N) is 1. The molecule has 0 aromatic heterocycles. The summed E-state index contributed by atoms with van der Waals surface area (Å²) in [4.78, 5) is 27.2. The summed E-state index contributed by atoms with van der Waals surface area (Å²) < 4.78 is 15.9. The molecule has 7 nitrogen and oxygen atoms in total. The molecular formula is C22H21NO6. The third-order valence-corrected chi connectivity index (χ3v) is 5.41. The molecule has 1 amide bonds. The van der Waals surface area contributed by atoms with Gasteiger partial charge in [-0.05, 0) is 35.4 Å². The first kappa shape index (κ1) is 18.9. The molecule has 2 aliphatic rings. The van der Waals surface area contributed by atoms with Gasteiger partial charge in [0.25, 0.3) is 0 Å². The van der Waals surface area contributed by atoms with Crippen molar-refractivity contribution < 1.29 is 28.9 Å². The quantitative estimate of drug-likeness (QED) is 0.757. The van der Waals surface area contributed by atoms with Gasteiger partial charge < -0.3 is 24.2 Å². The molecule has 150 valence electrons. The second-order valence-corrected chi connectivity index (χ2v) is 6.95. The minimum atomic E-state index is -1.03. The molecule has 2 aromatic carbocycles. The van der Waals surface area contributed by atoms with Crippen LogP contribution in [0, 0.1) is 5.92 Å². The molecule has 0 aliphatic carbocycles. The molecular weight excluding hydrogens is 374 g/mol. The molecule has 1 fully saturated rings. The first-order valence-electron chi connectivity index (χ1n) is 9.23. The zero-order chi connectivity index (χ0) is 20.5. The van der Waals surface area contributed by atoms with Gasteiger partial charge in [0.15, 0.2) is 11.5 Å². The van der Waals surface area contributed by atoms with Crippen molar-refractivity contribution in [2.75, 3.05) is 20.4 Å². The van der Waals surface area contributed by atoms with E-state index in [9.17, 15) is 14.7 Å². The van der Waals surface area contributed by atoms with Gasteiger partial charge in [-0.3, -0.25) is 9.59 Å². The Bertz CT molecular complexity index is 954. The minimum Gasteiger partial charge on any atom is -0.497 e. The number of carboxylic acid groups (broad SMARTS) is 1. The van der Waals surface area contributed by atoms with Crippen LogP contribution in [-0.2, 0) is 9.59 Å². The fraction of sp³-hybridized carbons (Fsp3) is 0.273. The van der Waals surface area contributed by atoms with Gasteiger partial charge in [-0.15, -0.1) is 6.58 Å². The fourth-order valence-electron chi connectivity index (χ4n) is 4.11. The second-order valence-electron chi connectivity index (χ2n) is 6.95. The minimum absolute atomic E-state index is 0.108. The van der Waals surface area contributed by atoms with Crippen molar-refractivity contribution in [1.82, 2.24) is 4.90 Å². The Balaban J connectivity index is 1.79. The van der Waals surface area contributed by atoms with Gasteiger partial charge in [0.2, 0.25) is 12.7 Å². The Morgan fingerprint density at radius 2 is 1.90 bits per heavy atom. The fourth-order valence-corrected chi connectivity index (χ4v) is 4.11. The van der Waals surface area contributed by atoms with E-state index in [-0.39, 0.29) is 19.2 Å². The van der Waals surface area contributed by atoms with Gasteiger partial charge in [0, 0.05) is 6.54 Å². The summed E-state index contributed by atoms with van der Waals surface area (Å²) in [6.07, 6.45) is 1.61. The maximum absolute atomic E-state index is 13.3. The lowest BCUT2D eigenvalue weighted by atomic mass is 9.82. The molecule has 4 rings (SSSR count). The number of carbonyl (C=O) groups is 2. The summed E-state index contributed by atoms with van der Waals surface area (Å²) in [5.41, 5.74) is 1.33. The molecule has 1 N–H and O–H groups in total. The van der Waals surface area contributed by atoms with Gasteiger partial charge in [0.1, 0.15) is 5.75 Å². The van der Waals surface area contributed by atoms with E-state index in [4.69, 9.17) is 14.2 Å². The third-order valence-electron chi connectivity index (χ3n) is 5.41. The maximum atomic E-state index is 13.3. The van der Waals surface area contributed by atoms with Crippen molar-refractivity contribution in [3.63, 3.8) is 0 Å². The Morgan fingerprint density at radius 1 is 1.21 bits per heavy atom. The van der Waals surface area contributed by atoms with Crippen molar-refractivity contribution in [2.45, 2.75) is 12.0 Å². The molecule has 0 radical (unpaired) electrons. The molecule has 2 aromatic rings. The van der Waals surface area contributed by atoms with E-state index in [0.717, 1.165) is 5.56 Å². The largest absolute Gasteiger partial charge is 0.497 e. The standard InChI is InChI=1S/C22H21NO6/c1-3-10-23-20(13-4-7-15(27-2)8-5-13)19(22(25)26)18(21(23)24)14-6-9-16-17(11-14)29-12-28-16/h3-9,11,18-20H,1,10,12H2,2H3,(H,25,26)/t18-,19-,20+/m1/s1. The average molecular weight is 395 g/mol. The van der Waals surface area contributed by atoms with E-state index in [1.54, 1.807) is 60.6 Å². The highest BCUT2D eigenvalue weighted by atomic mass is 16.7. The Kier molecular flexibility index (Phi) is 4.88. The molecule has 0 spiro atoms. The van der Waals surface area contributed by atoms with E-state index >= 15 is 0 Å². The monoisotopic (exact) mass is 395 g/mol. The number of ether oxygens (including phenoxy) is 3. The van der Waals surface area contributed by atoms with Crippen molar-refractivity contribution in [3.8, 4) is 17.2 Å². The highest BCUT2D eigenvalue weighted by Gasteiger charge is 2.52. The molecule has 0 bridgehead atoms. The van der Waals surface area contributed by atoms with Crippen LogP contribution in [0.1, 0.15) is 23.1 Å². The molecule has 2 aliphatic heterocycles. The van der Waals surface area contributed by atoms with E-state index in [1.165, 1.54) is 0 Å². The van der Waals surface area contributed by atoms with Crippen LogP contribution in [0.3, 0.4) is 0 Å². The molecule has 1 saturated heterocycles. The van der Waals surface area contributed by atoms with Gasteiger partial charge in [0.05, 0.1) is 25.0 Å². The van der Waals surface area contributed by atoms with Crippen LogP contribution < -0.4 is 14.2 Å². The van der Waals surface area contributed by atoms with E-state index < -0.39 is 23.8 Å². The highest BCUT2D eigenvalue weighted by molar-refractivity contribution is 5.94. The summed E-state index contributed by atoms with van der Waals surface area (Å²) in [5, 5.41) is 10.1. The van der Waals surface area contributed by atoms with Gasteiger partial charge in [-0.2, -0.15) is 0 Å². The predicted octanol–water partition coefficient (Wildman–Crippen LogP) is 2.98. The maximum Gasteiger partial charge on any atom is 0.310 e. The lowest BCUT2D eigenvalue weighted by Gasteiger charge is -2.26. The lowest BCUT2D eigenvalue weighted by molar-refractivity contribution is -0.143. The molecule has 0 unspecified atom stereocenters. The van der Waals surface area contributed by atoms with E-state index in [1.807, 2.05) is 0 Å². The van der Waals surface area contributed by atoms with E-state index in [0.29, 0.717) is 22.8 Å². The molecule has 2 heterocycles.